The van der Waals surface area contributed by atoms with E-state index in [9.17, 15) is 85.2 Å². The summed E-state index contributed by atoms with van der Waals surface area (Å²) in [4.78, 5) is 123. The number of pyridine rings is 4. The first-order valence-electron chi connectivity index (χ1n) is 43.6. The van der Waals surface area contributed by atoms with Crippen LogP contribution in [-0.4, -0.2) is 193 Å². The minimum atomic E-state index is -5.39. The molecule has 4 aromatic carbocycles. The Hall–Kier alpha value is -13.4. The van der Waals surface area contributed by atoms with Gasteiger partial charge in [-0.2, -0.15) is 28.5 Å². The third kappa shape index (κ3) is 23.5. The summed E-state index contributed by atoms with van der Waals surface area (Å²) < 4.78 is 146. The summed E-state index contributed by atoms with van der Waals surface area (Å²) in [5.74, 6) is -3.35. The number of halogens is 7. The largest absolute Gasteiger partial charge is 0.497 e. The molecule has 38 nitrogen and oxygen atoms in total. The van der Waals surface area contributed by atoms with Crippen LogP contribution in [0.4, 0.5) is 19.0 Å². The van der Waals surface area contributed by atoms with E-state index >= 15 is 0 Å². The van der Waals surface area contributed by atoms with Crippen LogP contribution in [0.15, 0.2) is 190 Å². The molecule has 0 radical (unpaired) electrons. The van der Waals surface area contributed by atoms with Crippen LogP contribution in [-0.2, 0) is 65.7 Å². The highest BCUT2D eigenvalue weighted by Gasteiger charge is 2.45. The van der Waals surface area contributed by atoms with Crippen LogP contribution >= 0.6 is 46.4 Å². The highest BCUT2D eigenvalue weighted by atomic mass is 35.5. The molecule has 0 bridgehead atoms. The molecule has 0 saturated heterocycles. The number of nitrogens with zero attached hydrogens (tertiary/aromatic N) is 17. The fraction of sp³-hybridized carbons (Fsp3) is 0.312. The number of sulfone groups is 3. The molecule has 0 aliphatic carbocycles. The zero-order chi connectivity index (χ0) is 103. The number of sulfonamides is 1. The molecule has 49 heteroatoms. The maximum absolute atomic E-state index is 13.4. The second-order valence-corrected chi connectivity index (χ2v) is 43.9. The summed E-state index contributed by atoms with van der Waals surface area (Å²) in [6.07, 6.45) is 14.0. The van der Waals surface area contributed by atoms with Gasteiger partial charge in [-0.1, -0.05) is 109 Å². The monoisotopic (exact) mass is 2100 g/mol. The minimum Gasteiger partial charge on any atom is -0.381 e. The van der Waals surface area contributed by atoms with E-state index in [1.807, 2.05) is 0 Å². The van der Waals surface area contributed by atoms with E-state index < -0.39 is 110 Å². The minimum absolute atomic E-state index is 0. The number of benzene rings is 4. The predicted molar refractivity (Wildman–Crippen MR) is 539 cm³/mol. The molecule has 0 aliphatic heterocycles. The number of anilines is 1. The van der Waals surface area contributed by atoms with Crippen molar-refractivity contribution in [2.75, 3.05) is 54.8 Å². The standard InChI is InChI=1S/C23H21ClF3N5O4S.2C23H25ClN6O4S.C23H24ClN5O4S.CH4/c1-13(29-21(33)18-14(2)30-32-10-4-8-28-20(18)32)17-12-15-6-3-7-16(24)19(15)22(34)31(17)9-5-11-37(35,36)23(25,26)27;1-14(26-22(31)19-15(2)27-30-10-6-9-25-21(19)30)18-13-16-7-5-8-17(24)20(16)23(32)29(18)11-12-35(33,34)28(3)4;1-3-35(33,34)12-6-10-29-17(13-15-7-4-8-16(24)18(15)23(29)32)14(2)27-22(31)19-20(25)28-30-11-5-9-26-21(19)30;1-14(26-22(30)19-15(2)27-29-11-5-9-25-21(19)29)18-13-16-7-4-8-17(24)20(16)23(31)28(18)10-6-12-34(3,32)33;/h3-4,6-8,10,12-13H,5,9,11H2,1-2H3,(H,29,33);5-10,13-14H,11-12H2,1-4H3,(H,26,31);4-5,7-9,11,13-14H,3,6,10,12H2,1-2H3,(H2,25,28)(H,27,31);4-5,7-9,11,13-14H,6,10,12H2,1-3H3,(H,26,30);1H4/t13-;3*14-;/m0000./s1. The van der Waals surface area contributed by atoms with E-state index in [4.69, 9.17) is 52.1 Å². The van der Waals surface area contributed by atoms with Gasteiger partial charge in [0.2, 0.25) is 19.9 Å². The Morgan fingerprint density at radius 2 is 0.690 bits per heavy atom. The van der Waals surface area contributed by atoms with Gasteiger partial charge in [-0.15, -0.1) is 5.10 Å². The number of amides is 4. The van der Waals surface area contributed by atoms with Gasteiger partial charge in [0.05, 0.1) is 106 Å². The van der Waals surface area contributed by atoms with Crippen LogP contribution < -0.4 is 49.2 Å². The van der Waals surface area contributed by atoms with Crippen LogP contribution in [0.3, 0.4) is 0 Å². The van der Waals surface area contributed by atoms with Gasteiger partial charge in [-0.05, 0) is 162 Å². The predicted octanol–water partition coefficient (Wildman–Crippen LogP) is 12.4. The van der Waals surface area contributed by atoms with Crippen molar-refractivity contribution < 1.29 is 66.0 Å². The molecule has 0 spiro atoms. The molecular weight excluding hydrogens is 2010 g/mol. The van der Waals surface area contributed by atoms with E-state index in [0.29, 0.717) is 116 Å². The van der Waals surface area contributed by atoms with Gasteiger partial charge in [0.15, 0.2) is 28.4 Å². The van der Waals surface area contributed by atoms with E-state index in [2.05, 4.69) is 61.6 Å². The molecule has 0 unspecified atom stereocenters. The summed E-state index contributed by atoms with van der Waals surface area (Å²) in [5.41, 5.74) is 4.58. The molecule has 4 amide bonds. The third-order valence-electron chi connectivity index (χ3n) is 23.1. The lowest BCUT2D eigenvalue weighted by Gasteiger charge is -2.21. The number of aromatic nitrogens is 16. The fourth-order valence-corrected chi connectivity index (χ4v) is 20.2. The number of rotatable bonds is 29. The highest BCUT2D eigenvalue weighted by molar-refractivity contribution is 7.92. The summed E-state index contributed by atoms with van der Waals surface area (Å²) in [7, 11) is -12.5. The van der Waals surface area contributed by atoms with E-state index in [1.165, 1.54) is 64.3 Å². The zero-order valence-corrected chi connectivity index (χ0v) is 83.7. The van der Waals surface area contributed by atoms with Crippen molar-refractivity contribution in [2.24, 2.45) is 0 Å². The Morgan fingerprint density at radius 3 is 0.979 bits per heavy atom. The van der Waals surface area contributed by atoms with Crippen molar-refractivity contribution in [1.29, 1.82) is 0 Å². The number of nitrogens with two attached hydrogens (primary N) is 1. The number of carbonyl (C=O) groups is 4. The van der Waals surface area contributed by atoms with Crippen molar-refractivity contribution >= 4 is 181 Å². The van der Waals surface area contributed by atoms with Crippen molar-refractivity contribution in [3.63, 3.8) is 0 Å². The molecule has 6 N–H and O–H groups in total. The number of fused-ring (bicyclic) bond motifs is 8. The second-order valence-electron chi connectivity index (χ2n) is 33.2. The molecule has 0 fully saturated rings. The number of hydrogen-bond donors (Lipinski definition) is 5. The topological polar surface area (TPSA) is 491 Å². The average Bonchev–Trinajstić information content (AvgIpc) is 0.981. The summed E-state index contributed by atoms with van der Waals surface area (Å²) in [6, 6.07) is 31.2. The summed E-state index contributed by atoms with van der Waals surface area (Å²) in [5, 5.41) is 33.0. The smallest absolute Gasteiger partial charge is 0.381 e. The Morgan fingerprint density at radius 1 is 0.415 bits per heavy atom. The first-order chi connectivity index (χ1) is 66.5. The molecule has 750 valence electrons. The lowest BCUT2D eigenvalue weighted by Crippen LogP contribution is -2.35. The maximum Gasteiger partial charge on any atom is 0.497 e. The Balaban J connectivity index is 0.000000169. The number of nitrogen functional groups attached to an aromatic ring is 1. The van der Waals surface area contributed by atoms with Crippen LogP contribution in [0.25, 0.3) is 65.7 Å². The van der Waals surface area contributed by atoms with Crippen molar-refractivity contribution in [2.45, 2.75) is 138 Å². The molecule has 16 aromatic rings. The average molecular weight is 2110 g/mol. The normalized spacial score (nSPS) is 12.9. The number of carbonyl (C=O) groups excluding carboxylic acids is 4. The van der Waals surface area contributed by atoms with Crippen LogP contribution in [0, 0.1) is 20.8 Å². The molecule has 12 heterocycles. The number of aryl methyl sites for hydroxylation is 3. The molecule has 4 atom stereocenters. The number of nitrogens with one attached hydrogen (secondary N) is 4. The molecule has 0 saturated carbocycles. The first-order valence-corrected chi connectivity index (χ1v) is 52.2. The van der Waals surface area contributed by atoms with Gasteiger partial charge in [-0.25, -0.2) is 76.0 Å². The molecule has 12 aromatic heterocycles. The van der Waals surface area contributed by atoms with Crippen LogP contribution in [0.1, 0.15) is 167 Å². The lowest BCUT2D eigenvalue weighted by molar-refractivity contribution is -0.0436. The van der Waals surface area contributed by atoms with Gasteiger partial charge < -0.3 is 45.3 Å². The Bertz CT molecular complexity index is 8400. The molecule has 142 heavy (non-hydrogen) atoms. The molecule has 16 rings (SSSR count). The van der Waals surface area contributed by atoms with Gasteiger partial charge >= 0.3 is 5.51 Å². The summed E-state index contributed by atoms with van der Waals surface area (Å²) in [6.45, 7) is 13.4. The Labute approximate surface area is 830 Å². The first kappa shape index (κ1) is 107. The highest BCUT2D eigenvalue weighted by Crippen LogP contribution is 2.33. The summed E-state index contributed by atoms with van der Waals surface area (Å²) >= 11 is 25.1. The maximum atomic E-state index is 13.4. The zero-order valence-electron chi connectivity index (χ0n) is 77.5. The molecule has 0 aliphatic rings. The van der Waals surface area contributed by atoms with Crippen molar-refractivity contribution in [1.82, 2.24) is 102 Å². The van der Waals surface area contributed by atoms with Crippen molar-refractivity contribution in [3.8, 4) is 0 Å². The SMILES string of the molecule is C.CCS(=O)(=O)CCCn1c([C@H](C)NC(=O)c2c(N)nn3cccnc23)cc2cccc(Cl)c2c1=O.Cc1nn2cccnc2c1C(=O)N[C@@H](C)c1cc2cccc(Cl)c2c(=O)n1CCCS(=O)(=O)C(F)(F)F.Cc1nn2cccnc2c1C(=O)N[C@@H](C)c1cc2cccc(Cl)c2c(=O)n1CCCS(C)(=O)=O.Cc1nn2cccnc2c1C(=O)N[C@@H](C)c1cc2cccc(Cl)c2c(=O)n1CCS(=O)(=O)N(C)C. The van der Waals surface area contributed by atoms with Gasteiger partial charge in [0.1, 0.15) is 41.9 Å². The van der Waals surface area contributed by atoms with E-state index in [0.717, 1.165) is 15.1 Å². The quantitative estimate of drug-likeness (QED) is 0.0291. The van der Waals surface area contributed by atoms with Crippen LogP contribution in [0.2, 0.25) is 20.1 Å². The van der Waals surface area contributed by atoms with Gasteiger partial charge in [0.25, 0.3) is 45.9 Å². The number of hydrogen-bond acceptors (Lipinski definition) is 25. The number of alkyl halides is 3. The third-order valence-corrected chi connectivity index (χ3v) is 30.6. The van der Waals surface area contributed by atoms with E-state index in [1.54, 1.807) is 208 Å². The fourth-order valence-electron chi connectivity index (χ4n) is 16.1. The van der Waals surface area contributed by atoms with Gasteiger partial charge in [-0.3, -0.25) is 38.4 Å². The van der Waals surface area contributed by atoms with E-state index in [-0.39, 0.29) is 125 Å². The Kier molecular flexibility index (Phi) is 33.3. The van der Waals surface area contributed by atoms with Crippen LogP contribution in [0.5, 0.6) is 0 Å². The second kappa shape index (κ2) is 44.0. The van der Waals surface area contributed by atoms with Gasteiger partial charge in [0, 0.05) is 125 Å². The van der Waals surface area contributed by atoms with Crippen molar-refractivity contribution in [3.05, 3.63) is 295 Å². The molecular formula is C93H99Cl4F3N22O16S4. The lowest BCUT2D eigenvalue weighted by atomic mass is 10.1.